The minimum atomic E-state index is -2.01. The van der Waals surface area contributed by atoms with Gasteiger partial charge in [-0.15, -0.1) is 0 Å². The molecule has 148 valence electrons. The van der Waals surface area contributed by atoms with Crippen LogP contribution in [0.3, 0.4) is 0 Å². The highest BCUT2D eigenvalue weighted by molar-refractivity contribution is 6.74. The summed E-state index contributed by atoms with van der Waals surface area (Å²) in [6.07, 6.45) is 1.12. The van der Waals surface area contributed by atoms with Crippen molar-refractivity contribution in [1.82, 2.24) is 10.3 Å². The zero-order valence-electron chi connectivity index (χ0n) is 17.7. The number of nitrogens with one attached hydrogen (secondary N) is 1. The summed E-state index contributed by atoms with van der Waals surface area (Å²) in [7, 11) is -2.01. The van der Waals surface area contributed by atoms with Crippen LogP contribution in [-0.2, 0) is 14.7 Å². The highest BCUT2D eigenvalue weighted by Crippen LogP contribution is 2.37. The zero-order valence-corrected chi connectivity index (χ0v) is 18.7. The summed E-state index contributed by atoms with van der Waals surface area (Å²) in [6, 6.07) is 3.47. The van der Waals surface area contributed by atoms with E-state index in [1.54, 1.807) is 18.3 Å². The molecule has 0 unspecified atom stereocenters. The summed E-state index contributed by atoms with van der Waals surface area (Å²) < 4.78 is 11.8. The second kappa shape index (κ2) is 7.56. The highest BCUT2D eigenvalue weighted by atomic mass is 28.4. The Hall–Kier alpha value is -1.60. The van der Waals surface area contributed by atoms with E-state index >= 15 is 0 Å². The van der Waals surface area contributed by atoms with Crippen molar-refractivity contribution in [3.63, 3.8) is 0 Å². The number of hydrogen-bond donors (Lipinski definition) is 2. The van der Waals surface area contributed by atoms with E-state index in [1.807, 2.05) is 27.7 Å². The molecule has 1 rings (SSSR count). The van der Waals surface area contributed by atoms with Crippen LogP contribution < -0.4 is 11.1 Å². The predicted molar refractivity (Wildman–Crippen MR) is 109 cm³/mol. The predicted octanol–water partition coefficient (Wildman–Crippen LogP) is 4.43. The molecule has 6 nitrogen and oxygen atoms in total. The summed E-state index contributed by atoms with van der Waals surface area (Å²) in [5.74, 6) is 0. The van der Waals surface area contributed by atoms with E-state index in [9.17, 15) is 4.79 Å². The molecule has 0 spiro atoms. The molecule has 1 aromatic heterocycles. The van der Waals surface area contributed by atoms with Gasteiger partial charge in [-0.05, 0) is 58.0 Å². The lowest BCUT2D eigenvalue weighted by Crippen LogP contribution is -2.52. The van der Waals surface area contributed by atoms with Crippen LogP contribution in [0.2, 0.25) is 18.1 Å². The number of ether oxygens (including phenoxy) is 1. The number of rotatable bonds is 5. The van der Waals surface area contributed by atoms with Crippen LogP contribution in [0.5, 0.6) is 0 Å². The minimum Gasteiger partial charge on any atom is -0.444 e. The first kappa shape index (κ1) is 22.4. The van der Waals surface area contributed by atoms with Gasteiger partial charge >= 0.3 is 6.09 Å². The maximum absolute atomic E-state index is 12.4. The third-order valence-corrected chi connectivity index (χ3v) is 9.13. The Kier molecular flexibility index (Phi) is 6.53. The molecule has 0 aromatic carbocycles. The minimum absolute atomic E-state index is 0.0585. The van der Waals surface area contributed by atoms with Gasteiger partial charge in [-0.2, -0.15) is 0 Å². The van der Waals surface area contributed by atoms with Crippen molar-refractivity contribution in [1.29, 1.82) is 0 Å². The van der Waals surface area contributed by atoms with Gasteiger partial charge in [0.1, 0.15) is 11.1 Å². The third-order valence-electron chi connectivity index (χ3n) is 4.65. The summed E-state index contributed by atoms with van der Waals surface area (Å²) >= 11 is 0. The molecule has 0 saturated heterocycles. The number of nitrogens with zero attached hydrogens (tertiary/aromatic N) is 1. The third kappa shape index (κ3) is 6.28. The van der Waals surface area contributed by atoms with Crippen LogP contribution in [0.15, 0.2) is 18.3 Å². The number of aromatic nitrogens is 1. The smallest absolute Gasteiger partial charge is 0.408 e. The fourth-order valence-electron chi connectivity index (χ4n) is 1.99. The quantitative estimate of drug-likeness (QED) is 0.737. The average molecular weight is 382 g/mol. The molecule has 0 radical (unpaired) electrons. The number of nitrogen functional groups attached to an aromatic ring is 1. The molecule has 0 aliphatic rings. The van der Waals surface area contributed by atoms with E-state index in [1.165, 1.54) is 0 Å². The number of hydrogen-bond acceptors (Lipinski definition) is 5. The Morgan fingerprint density at radius 1 is 1.19 bits per heavy atom. The van der Waals surface area contributed by atoms with E-state index in [-0.39, 0.29) is 5.04 Å². The molecule has 7 heteroatoms. The standard InChI is InChI=1S/C19H35N3O3Si/c1-17(2,3)25-16(23)22-19(7,15-12-14(20)10-11-21-15)13-24-26(8,9)18(4,5)6/h10-12H,13H2,1-9H3,(H2,20,21)(H,22,23)/t19-/m0/s1. The van der Waals surface area contributed by atoms with Crippen molar-refractivity contribution in [2.75, 3.05) is 12.3 Å². The van der Waals surface area contributed by atoms with Crippen LogP contribution in [0.1, 0.15) is 54.2 Å². The molecular formula is C19H35N3O3Si. The van der Waals surface area contributed by atoms with Crippen LogP contribution in [0.25, 0.3) is 0 Å². The Morgan fingerprint density at radius 2 is 1.77 bits per heavy atom. The molecule has 3 N–H and O–H groups in total. The number of amides is 1. The van der Waals surface area contributed by atoms with E-state index < -0.39 is 25.6 Å². The second-order valence-electron chi connectivity index (χ2n) is 9.48. The van der Waals surface area contributed by atoms with Gasteiger partial charge in [-0.3, -0.25) is 4.98 Å². The van der Waals surface area contributed by atoms with Crippen LogP contribution >= 0.6 is 0 Å². The lowest BCUT2D eigenvalue weighted by molar-refractivity contribution is 0.0413. The van der Waals surface area contributed by atoms with Gasteiger partial charge in [0.2, 0.25) is 0 Å². The molecule has 1 atom stereocenters. The lowest BCUT2D eigenvalue weighted by Gasteiger charge is -2.40. The van der Waals surface area contributed by atoms with E-state index in [2.05, 4.69) is 44.2 Å². The molecule has 0 aliphatic carbocycles. The first-order chi connectivity index (χ1) is 11.6. The number of pyridine rings is 1. The SMILES string of the molecule is CC(C)(C)OC(=O)N[C@@](C)(CO[Si](C)(C)C(C)(C)C)c1cc(N)ccn1. The fourth-order valence-corrected chi connectivity index (χ4v) is 3.08. The molecule has 26 heavy (non-hydrogen) atoms. The highest BCUT2D eigenvalue weighted by Gasteiger charge is 2.41. The van der Waals surface area contributed by atoms with Crippen LogP contribution in [0.4, 0.5) is 10.5 Å². The molecule has 0 saturated carbocycles. The first-order valence-electron chi connectivity index (χ1n) is 8.93. The fraction of sp³-hybridized carbons (Fsp3) is 0.684. The molecule has 0 fully saturated rings. The van der Waals surface area contributed by atoms with Gasteiger partial charge in [-0.25, -0.2) is 4.79 Å². The molecule has 0 aliphatic heterocycles. The maximum atomic E-state index is 12.4. The van der Waals surface area contributed by atoms with Gasteiger partial charge in [-0.1, -0.05) is 20.8 Å². The largest absolute Gasteiger partial charge is 0.444 e. The van der Waals surface area contributed by atoms with Crippen molar-refractivity contribution < 1.29 is 14.0 Å². The van der Waals surface area contributed by atoms with Crippen LogP contribution in [0, 0.1) is 0 Å². The van der Waals surface area contributed by atoms with Gasteiger partial charge in [0.05, 0.1) is 12.3 Å². The van der Waals surface area contributed by atoms with Crippen molar-refractivity contribution in [3.05, 3.63) is 24.0 Å². The summed E-state index contributed by atoms with van der Waals surface area (Å²) in [4.78, 5) is 16.8. The summed E-state index contributed by atoms with van der Waals surface area (Å²) in [5.41, 5.74) is 5.70. The Morgan fingerprint density at radius 3 is 2.23 bits per heavy atom. The lowest BCUT2D eigenvalue weighted by atomic mass is 9.98. The molecule has 1 amide bonds. The number of anilines is 1. The van der Waals surface area contributed by atoms with Gasteiger partial charge in [0, 0.05) is 11.9 Å². The topological polar surface area (TPSA) is 86.5 Å². The van der Waals surface area contributed by atoms with Crippen molar-refractivity contribution in [3.8, 4) is 0 Å². The normalized spacial score (nSPS) is 15.3. The number of carbonyl (C=O) groups excluding carboxylic acids is 1. The summed E-state index contributed by atoms with van der Waals surface area (Å²) in [5, 5.41) is 2.99. The Balaban J connectivity index is 3.12. The maximum Gasteiger partial charge on any atom is 0.408 e. The second-order valence-corrected chi connectivity index (χ2v) is 14.3. The van der Waals surface area contributed by atoms with E-state index in [0.717, 1.165) is 0 Å². The van der Waals surface area contributed by atoms with Crippen molar-refractivity contribution in [2.24, 2.45) is 0 Å². The van der Waals surface area contributed by atoms with Crippen molar-refractivity contribution >= 4 is 20.1 Å². The molecule has 0 bridgehead atoms. The van der Waals surface area contributed by atoms with E-state index in [0.29, 0.717) is 18.0 Å². The Labute approximate surface area is 159 Å². The number of carbonyl (C=O) groups is 1. The van der Waals surface area contributed by atoms with Gasteiger partial charge < -0.3 is 20.2 Å². The summed E-state index contributed by atoms with van der Waals surface area (Å²) in [6.45, 7) is 18.5. The van der Waals surface area contributed by atoms with E-state index in [4.69, 9.17) is 14.9 Å². The van der Waals surface area contributed by atoms with Crippen LogP contribution in [-0.4, -0.2) is 31.6 Å². The van der Waals surface area contributed by atoms with Gasteiger partial charge in [0.25, 0.3) is 0 Å². The molecular weight excluding hydrogens is 346 g/mol. The first-order valence-corrected chi connectivity index (χ1v) is 11.8. The van der Waals surface area contributed by atoms with Crippen molar-refractivity contribution in [2.45, 2.75) is 77.7 Å². The monoisotopic (exact) mass is 381 g/mol. The Bertz CT molecular complexity index is 636. The molecule has 1 aromatic rings. The zero-order chi connectivity index (χ0) is 20.4. The average Bonchev–Trinajstić information content (AvgIpc) is 2.42. The number of nitrogens with two attached hydrogens (primary N) is 1. The van der Waals surface area contributed by atoms with Gasteiger partial charge in [0.15, 0.2) is 8.32 Å². The number of alkyl carbamates (subject to hydrolysis) is 1. The molecule has 1 heterocycles.